The topological polar surface area (TPSA) is 75.3 Å². The summed E-state index contributed by atoms with van der Waals surface area (Å²) in [6.07, 6.45) is 1.26. The van der Waals surface area contributed by atoms with Gasteiger partial charge in [0.15, 0.2) is 0 Å². The molecule has 0 unspecified atom stereocenters. The molecule has 2 rings (SSSR count). The molecule has 0 aliphatic heterocycles. The zero-order valence-corrected chi connectivity index (χ0v) is 9.55. The molecule has 0 spiro atoms. The van der Waals surface area contributed by atoms with E-state index in [-0.39, 0.29) is 11.3 Å². The molecule has 16 heavy (non-hydrogen) atoms. The second-order valence-electron chi connectivity index (χ2n) is 3.08. The van der Waals surface area contributed by atoms with Gasteiger partial charge >= 0.3 is 5.97 Å². The molecule has 0 radical (unpaired) electrons. The standard InChI is InChI=1S/C10H7BrN2O3/c11-9-8(10(15)16)5-12-13(9)6-1-3-7(14)4-2-6/h1-5,14H,(H,15,16). The fourth-order valence-electron chi connectivity index (χ4n) is 1.25. The first kappa shape index (κ1) is 10.7. The number of carboxylic acid groups (broad SMARTS) is 1. The van der Waals surface area contributed by atoms with Crippen molar-refractivity contribution in [3.05, 3.63) is 40.6 Å². The molecule has 0 fully saturated rings. The van der Waals surface area contributed by atoms with E-state index < -0.39 is 5.97 Å². The number of carbonyl (C=O) groups is 1. The minimum absolute atomic E-state index is 0.0908. The summed E-state index contributed by atoms with van der Waals surface area (Å²) >= 11 is 3.16. The van der Waals surface area contributed by atoms with Crippen LogP contribution in [0.4, 0.5) is 0 Å². The van der Waals surface area contributed by atoms with Gasteiger partial charge in [0.2, 0.25) is 0 Å². The highest BCUT2D eigenvalue weighted by atomic mass is 79.9. The van der Waals surface area contributed by atoms with Crippen molar-refractivity contribution >= 4 is 21.9 Å². The molecule has 0 amide bonds. The normalized spacial score (nSPS) is 10.3. The molecule has 0 bridgehead atoms. The first-order valence-electron chi connectivity index (χ1n) is 4.36. The van der Waals surface area contributed by atoms with Crippen LogP contribution >= 0.6 is 15.9 Å². The molecule has 0 saturated heterocycles. The Balaban J connectivity index is 2.49. The number of phenolic OH excluding ortho intramolecular Hbond substituents is 1. The SMILES string of the molecule is O=C(O)c1cnn(-c2ccc(O)cc2)c1Br. The Morgan fingerprint density at radius 3 is 2.44 bits per heavy atom. The maximum absolute atomic E-state index is 10.8. The zero-order valence-electron chi connectivity index (χ0n) is 7.96. The lowest BCUT2D eigenvalue weighted by atomic mass is 10.3. The van der Waals surface area contributed by atoms with E-state index in [0.717, 1.165) is 0 Å². The third-order valence-corrected chi connectivity index (χ3v) is 2.80. The molecular weight excluding hydrogens is 276 g/mol. The lowest BCUT2D eigenvalue weighted by Gasteiger charge is -2.03. The second kappa shape index (κ2) is 3.97. The maximum atomic E-state index is 10.8. The highest BCUT2D eigenvalue weighted by molar-refractivity contribution is 9.10. The fourth-order valence-corrected chi connectivity index (χ4v) is 1.82. The quantitative estimate of drug-likeness (QED) is 0.884. The van der Waals surface area contributed by atoms with Gasteiger partial charge in [-0.15, -0.1) is 0 Å². The van der Waals surface area contributed by atoms with E-state index in [2.05, 4.69) is 21.0 Å². The predicted molar refractivity (Wildman–Crippen MR) is 59.9 cm³/mol. The van der Waals surface area contributed by atoms with Crippen LogP contribution in [-0.4, -0.2) is 26.0 Å². The summed E-state index contributed by atoms with van der Waals surface area (Å²) in [5.74, 6) is -0.901. The molecule has 1 aromatic heterocycles. The Kier molecular flexibility index (Phi) is 2.66. The number of nitrogens with zero attached hydrogens (tertiary/aromatic N) is 2. The predicted octanol–water partition coefficient (Wildman–Crippen LogP) is 2.04. The first-order valence-corrected chi connectivity index (χ1v) is 5.15. The summed E-state index contributed by atoms with van der Waals surface area (Å²) in [6.45, 7) is 0. The summed E-state index contributed by atoms with van der Waals surface area (Å²) in [5.41, 5.74) is 0.755. The van der Waals surface area contributed by atoms with E-state index in [0.29, 0.717) is 10.3 Å². The van der Waals surface area contributed by atoms with Crippen LogP contribution in [0.1, 0.15) is 10.4 Å². The van der Waals surface area contributed by atoms with Crippen molar-refractivity contribution < 1.29 is 15.0 Å². The molecule has 82 valence electrons. The van der Waals surface area contributed by atoms with Crippen LogP contribution in [0.15, 0.2) is 35.1 Å². The fraction of sp³-hybridized carbons (Fsp3) is 0. The molecule has 6 heteroatoms. The van der Waals surface area contributed by atoms with Crippen molar-refractivity contribution in [3.8, 4) is 11.4 Å². The van der Waals surface area contributed by atoms with E-state index in [1.807, 2.05) is 0 Å². The minimum Gasteiger partial charge on any atom is -0.508 e. The van der Waals surface area contributed by atoms with Crippen LogP contribution in [0.2, 0.25) is 0 Å². The monoisotopic (exact) mass is 282 g/mol. The Bertz CT molecular complexity index is 533. The highest BCUT2D eigenvalue weighted by Crippen LogP contribution is 2.21. The number of aromatic hydroxyl groups is 1. The maximum Gasteiger partial charge on any atom is 0.340 e. The Labute approximate surface area is 99.1 Å². The summed E-state index contributed by atoms with van der Waals surface area (Å²) in [5, 5.41) is 21.9. The van der Waals surface area contributed by atoms with Crippen molar-refractivity contribution in [1.82, 2.24) is 9.78 Å². The van der Waals surface area contributed by atoms with Gasteiger partial charge < -0.3 is 10.2 Å². The molecule has 2 aromatic rings. The van der Waals surface area contributed by atoms with Gasteiger partial charge in [0, 0.05) is 0 Å². The van der Waals surface area contributed by atoms with Gasteiger partial charge in [-0.05, 0) is 40.2 Å². The van der Waals surface area contributed by atoms with Gasteiger partial charge in [0.05, 0.1) is 11.9 Å². The van der Waals surface area contributed by atoms with Gasteiger partial charge in [-0.2, -0.15) is 5.10 Å². The molecule has 1 aromatic carbocycles. The van der Waals surface area contributed by atoms with Crippen molar-refractivity contribution in [2.24, 2.45) is 0 Å². The van der Waals surface area contributed by atoms with E-state index in [1.165, 1.54) is 23.0 Å². The lowest BCUT2D eigenvalue weighted by molar-refractivity contribution is 0.0696. The molecule has 0 aliphatic rings. The van der Waals surface area contributed by atoms with E-state index in [1.54, 1.807) is 12.1 Å². The van der Waals surface area contributed by atoms with Crippen LogP contribution in [0.3, 0.4) is 0 Å². The van der Waals surface area contributed by atoms with Gasteiger partial charge in [-0.25, -0.2) is 9.48 Å². The van der Waals surface area contributed by atoms with Crippen LogP contribution in [0.5, 0.6) is 5.75 Å². The zero-order chi connectivity index (χ0) is 11.7. The second-order valence-corrected chi connectivity index (χ2v) is 3.83. The van der Waals surface area contributed by atoms with E-state index in [4.69, 9.17) is 10.2 Å². The highest BCUT2D eigenvalue weighted by Gasteiger charge is 2.14. The number of carboxylic acids is 1. The molecule has 1 heterocycles. The lowest BCUT2D eigenvalue weighted by Crippen LogP contribution is -1.99. The van der Waals surface area contributed by atoms with Gasteiger partial charge in [-0.1, -0.05) is 0 Å². The average Bonchev–Trinajstić information content (AvgIpc) is 2.61. The van der Waals surface area contributed by atoms with Crippen LogP contribution in [-0.2, 0) is 0 Å². The number of halogens is 1. The molecule has 5 nitrogen and oxygen atoms in total. The van der Waals surface area contributed by atoms with E-state index in [9.17, 15) is 4.79 Å². The van der Waals surface area contributed by atoms with E-state index >= 15 is 0 Å². The number of aromatic carboxylic acids is 1. The Morgan fingerprint density at radius 2 is 1.94 bits per heavy atom. The molecule has 2 N–H and O–H groups in total. The average molecular weight is 283 g/mol. The number of phenols is 1. The summed E-state index contributed by atoms with van der Waals surface area (Å²) in [6, 6.07) is 6.28. The molecule has 0 aliphatic carbocycles. The number of benzene rings is 1. The van der Waals surface area contributed by atoms with Crippen LogP contribution in [0, 0.1) is 0 Å². The summed E-state index contributed by atoms with van der Waals surface area (Å²) in [7, 11) is 0. The molecule has 0 atom stereocenters. The first-order chi connectivity index (χ1) is 7.59. The van der Waals surface area contributed by atoms with Crippen LogP contribution in [0.25, 0.3) is 5.69 Å². The number of aromatic nitrogens is 2. The third-order valence-electron chi connectivity index (χ3n) is 2.04. The summed E-state index contributed by atoms with van der Waals surface area (Å²) in [4.78, 5) is 10.8. The van der Waals surface area contributed by atoms with Crippen molar-refractivity contribution in [2.45, 2.75) is 0 Å². The molecule has 0 saturated carbocycles. The van der Waals surface area contributed by atoms with Crippen molar-refractivity contribution in [3.63, 3.8) is 0 Å². The minimum atomic E-state index is -1.04. The smallest absolute Gasteiger partial charge is 0.340 e. The third kappa shape index (κ3) is 1.79. The van der Waals surface area contributed by atoms with Crippen LogP contribution < -0.4 is 0 Å². The van der Waals surface area contributed by atoms with Crippen molar-refractivity contribution in [2.75, 3.05) is 0 Å². The number of hydrogen-bond donors (Lipinski definition) is 2. The number of rotatable bonds is 2. The number of hydrogen-bond acceptors (Lipinski definition) is 3. The van der Waals surface area contributed by atoms with Gasteiger partial charge in [0.1, 0.15) is 15.9 Å². The Morgan fingerprint density at radius 1 is 1.31 bits per heavy atom. The van der Waals surface area contributed by atoms with Crippen molar-refractivity contribution in [1.29, 1.82) is 0 Å². The van der Waals surface area contributed by atoms with Gasteiger partial charge in [-0.3, -0.25) is 0 Å². The van der Waals surface area contributed by atoms with Gasteiger partial charge in [0.25, 0.3) is 0 Å². The Hall–Kier alpha value is -1.82. The summed E-state index contributed by atoms with van der Waals surface area (Å²) < 4.78 is 1.80. The largest absolute Gasteiger partial charge is 0.508 e. The molecular formula is C10H7BrN2O3.